The van der Waals surface area contributed by atoms with Gasteiger partial charge in [-0.15, -0.1) is 0 Å². The van der Waals surface area contributed by atoms with Crippen molar-refractivity contribution in [3.8, 4) is 0 Å². The minimum Gasteiger partial charge on any atom is -0.466 e. The van der Waals surface area contributed by atoms with Crippen LogP contribution in [-0.2, 0) is 28.6 Å². The Kier molecular flexibility index (Phi) is 47.0. The molecule has 60 heavy (non-hydrogen) atoms. The van der Waals surface area contributed by atoms with Gasteiger partial charge < -0.3 is 24.0 Å². The van der Waals surface area contributed by atoms with Gasteiger partial charge in [-0.3, -0.25) is 14.4 Å². The lowest BCUT2D eigenvalue weighted by atomic mass is 10.1. The highest BCUT2D eigenvalue weighted by Crippen LogP contribution is 2.14. The molecule has 0 rings (SSSR count). The largest absolute Gasteiger partial charge is 0.466 e. The Morgan fingerprint density at radius 3 is 0.833 bits per heavy atom. The number of carbonyl (C=O) groups excluding carboxylic acids is 3. The number of unbranched alkanes of at least 4 members (excludes halogenated alkanes) is 27. The van der Waals surface area contributed by atoms with Gasteiger partial charge in [-0.2, -0.15) is 0 Å². The second-order valence-electron chi connectivity index (χ2n) is 18.0. The van der Waals surface area contributed by atoms with E-state index >= 15 is 0 Å². The Bertz CT molecular complexity index is 873. The number of rotatable bonds is 49. The Morgan fingerprint density at radius 2 is 0.533 bits per heavy atom. The zero-order valence-corrected chi connectivity index (χ0v) is 40.7. The van der Waals surface area contributed by atoms with Crippen molar-refractivity contribution in [3.63, 3.8) is 0 Å². The van der Waals surface area contributed by atoms with E-state index in [1.807, 2.05) is 0 Å². The van der Waals surface area contributed by atoms with Gasteiger partial charge >= 0.3 is 17.9 Å². The third kappa shape index (κ3) is 45.8. The summed E-state index contributed by atoms with van der Waals surface area (Å²) in [4.78, 5) is 42.0. The topological polar surface area (TPSA) is 85.4 Å². The van der Waals surface area contributed by atoms with Crippen molar-refractivity contribution in [1.29, 1.82) is 0 Å². The smallest absolute Gasteiger partial charge is 0.305 e. The van der Waals surface area contributed by atoms with Gasteiger partial charge in [-0.1, -0.05) is 194 Å². The molecule has 8 nitrogen and oxygen atoms in total. The van der Waals surface area contributed by atoms with Gasteiger partial charge in [-0.05, 0) is 84.7 Å². The summed E-state index contributed by atoms with van der Waals surface area (Å²) >= 11 is 0. The molecule has 0 heterocycles. The highest BCUT2D eigenvalue weighted by molar-refractivity contribution is 5.70. The quantitative estimate of drug-likeness (QED) is 0.0340. The predicted molar refractivity (Wildman–Crippen MR) is 255 cm³/mol. The lowest BCUT2D eigenvalue weighted by molar-refractivity contribution is -0.144. The fraction of sp³-hybridized carbons (Fsp3) is 0.942. The van der Waals surface area contributed by atoms with Gasteiger partial charge in [0, 0.05) is 19.3 Å². The maximum absolute atomic E-state index is 12.5. The van der Waals surface area contributed by atoms with E-state index in [1.165, 1.54) is 154 Å². The standard InChI is InChI=1S/C52H102N2O6/c1-5-8-11-14-17-20-23-26-29-32-47-58-50(55)39-35-42-53(4)43-38-46-54(44-36-40-51(56)59-48-33-30-27-24-21-18-15-12-9-6-2)45-37-41-52(57)60-49-34-31-28-25-22-19-16-13-10-7-3/h5-49H2,1-4H3. The van der Waals surface area contributed by atoms with Gasteiger partial charge in [0.15, 0.2) is 0 Å². The molecule has 0 unspecified atom stereocenters. The molecular weight excluding hydrogens is 749 g/mol. The lowest BCUT2D eigenvalue weighted by Crippen LogP contribution is -2.31. The monoisotopic (exact) mass is 851 g/mol. The van der Waals surface area contributed by atoms with Crippen LogP contribution in [0.2, 0.25) is 0 Å². The third-order valence-electron chi connectivity index (χ3n) is 11.9. The molecule has 0 aromatic carbocycles. The molecule has 0 saturated carbocycles. The van der Waals surface area contributed by atoms with E-state index in [9.17, 15) is 14.4 Å². The molecule has 0 amide bonds. The molecule has 0 bridgehead atoms. The van der Waals surface area contributed by atoms with Crippen molar-refractivity contribution in [2.24, 2.45) is 0 Å². The maximum Gasteiger partial charge on any atom is 0.305 e. The van der Waals surface area contributed by atoms with Crippen molar-refractivity contribution in [2.45, 2.75) is 258 Å². The van der Waals surface area contributed by atoms with E-state index in [4.69, 9.17) is 14.2 Å². The highest BCUT2D eigenvalue weighted by atomic mass is 16.5. The summed E-state index contributed by atoms with van der Waals surface area (Å²) in [5, 5.41) is 0. The Labute approximate surface area is 373 Å². The van der Waals surface area contributed by atoms with Crippen molar-refractivity contribution in [3.05, 3.63) is 0 Å². The number of esters is 3. The van der Waals surface area contributed by atoms with Gasteiger partial charge in [0.1, 0.15) is 0 Å². The van der Waals surface area contributed by atoms with Crippen LogP contribution in [0.4, 0.5) is 0 Å². The molecule has 0 aromatic heterocycles. The van der Waals surface area contributed by atoms with Gasteiger partial charge in [0.05, 0.1) is 19.8 Å². The number of hydrogen-bond acceptors (Lipinski definition) is 8. The second kappa shape index (κ2) is 48.4. The first kappa shape index (κ1) is 58.3. The van der Waals surface area contributed by atoms with Crippen LogP contribution in [0, 0.1) is 0 Å². The molecule has 0 atom stereocenters. The molecule has 0 spiro atoms. The third-order valence-corrected chi connectivity index (χ3v) is 11.9. The van der Waals surface area contributed by atoms with E-state index < -0.39 is 0 Å². The number of hydrogen-bond donors (Lipinski definition) is 0. The van der Waals surface area contributed by atoms with Gasteiger partial charge in [0.25, 0.3) is 0 Å². The van der Waals surface area contributed by atoms with Crippen LogP contribution in [-0.4, -0.2) is 87.3 Å². The second-order valence-corrected chi connectivity index (χ2v) is 18.0. The van der Waals surface area contributed by atoms with Crippen LogP contribution in [0.5, 0.6) is 0 Å². The first-order chi connectivity index (χ1) is 29.4. The summed E-state index contributed by atoms with van der Waals surface area (Å²) < 4.78 is 16.6. The minimum absolute atomic E-state index is 0.0745. The number of carbonyl (C=O) groups is 3. The molecule has 0 aliphatic rings. The molecule has 356 valence electrons. The zero-order chi connectivity index (χ0) is 43.8. The molecule has 0 aliphatic carbocycles. The summed E-state index contributed by atoms with van der Waals surface area (Å²) in [7, 11) is 2.12. The van der Waals surface area contributed by atoms with Gasteiger partial charge in [-0.25, -0.2) is 0 Å². The van der Waals surface area contributed by atoms with Crippen LogP contribution >= 0.6 is 0 Å². The maximum atomic E-state index is 12.5. The Hall–Kier alpha value is -1.67. The van der Waals surface area contributed by atoms with E-state index in [-0.39, 0.29) is 17.9 Å². The van der Waals surface area contributed by atoms with E-state index in [2.05, 4.69) is 37.6 Å². The van der Waals surface area contributed by atoms with Crippen molar-refractivity contribution in [2.75, 3.05) is 59.6 Å². The van der Waals surface area contributed by atoms with Crippen molar-refractivity contribution >= 4 is 17.9 Å². The van der Waals surface area contributed by atoms with Crippen molar-refractivity contribution in [1.82, 2.24) is 9.80 Å². The van der Waals surface area contributed by atoms with Crippen LogP contribution in [0.15, 0.2) is 0 Å². The number of ether oxygens (including phenoxy) is 3. The predicted octanol–water partition coefficient (Wildman–Crippen LogP) is 14.3. The first-order valence-electron chi connectivity index (χ1n) is 26.3. The summed E-state index contributed by atoms with van der Waals surface area (Å²) in [5.74, 6) is -0.263. The molecule has 0 aromatic rings. The molecule has 0 saturated heterocycles. The number of nitrogens with zero attached hydrogens (tertiary/aromatic N) is 2. The summed E-state index contributed by atoms with van der Waals surface area (Å²) in [5.41, 5.74) is 0. The van der Waals surface area contributed by atoms with Crippen LogP contribution in [0.1, 0.15) is 258 Å². The van der Waals surface area contributed by atoms with Crippen LogP contribution in [0.3, 0.4) is 0 Å². The van der Waals surface area contributed by atoms with Crippen LogP contribution < -0.4 is 0 Å². The molecule has 0 fully saturated rings. The molecule has 0 radical (unpaired) electrons. The fourth-order valence-electron chi connectivity index (χ4n) is 7.94. The normalized spacial score (nSPS) is 11.5. The molecular formula is C52H102N2O6. The fourth-order valence-corrected chi connectivity index (χ4v) is 7.94. The summed E-state index contributed by atoms with van der Waals surface area (Å²) in [6.45, 7) is 12.7. The summed E-state index contributed by atoms with van der Waals surface area (Å²) in [6, 6.07) is 0. The van der Waals surface area contributed by atoms with E-state index in [1.54, 1.807) is 0 Å². The first-order valence-corrected chi connectivity index (χ1v) is 26.3. The van der Waals surface area contributed by atoms with E-state index in [0.717, 1.165) is 96.9 Å². The van der Waals surface area contributed by atoms with E-state index in [0.29, 0.717) is 39.1 Å². The Morgan fingerprint density at radius 1 is 0.300 bits per heavy atom. The van der Waals surface area contributed by atoms with Gasteiger partial charge in [0.2, 0.25) is 0 Å². The molecule has 0 aliphatic heterocycles. The molecule has 8 heteroatoms. The zero-order valence-electron chi connectivity index (χ0n) is 40.7. The minimum atomic E-state index is -0.0943. The molecule has 0 N–H and O–H groups in total. The SMILES string of the molecule is CCCCCCCCCCCCOC(=O)CCCN(C)CCCN(CCCC(=O)OCCCCCCCCCCCC)CCCC(=O)OCCCCCCCCCCCC. The Balaban J connectivity index is 4.34. The highest BCUT2D eigenvalue weighted by Gasteiger charge is 2.12. The lowest BCUT2D eigenvalue weighted by Gasteiger charge is -2.24. The van der Waals surface area contributed by atoms with Crippen molar-refractivity contribution < 1.29 is 28.6 Å². The summed E-state index contributed by atoms with van der Waals surface area (Å²) in [6.07, 6.45) is 42.8. The average molecular weight is 851 g/mol. The average Bonchev–Trinajstić information content (AvgIpc) is 3.23. The van der Waals surface area contributed by atoms with Crippen LogP contribution in [0.25, 0.3) is 0 Å².